The molecule has 0 radical (unpaired) electrons. The molecule has 0 aliphatic carbocycles. The lowest BCUT2D eigenvalue weighted by molar-refractivity contribution is 0.294. The number of hydrogen-bond acceptors (Lipinski definition) is 3. The second-order valence-electron chi connectivity index (χ2n) is 7.16. The summed E-state index contributed by atoms with van der Waals surface area (Å²) >= 11 is 2.07. The Hall–Kier alpha value is -0.510. The van der Waals surface area contributed by atoms with Crippen LogP contribution in [0.5, 0.6) is 0 Å². The normalized spacial score (nSPS) is 18.7. The maximum Gasteiger partial charge on any atom is 0.0234 e. The summed E-state index contributed by atoms with van der Waals surface area (Å²) in [4.78, 5) is 2.57. The highest BCUT2D eigenvalue weighted by atomic mass is 32.2. The molecule has 2 rings (SSSR count). The molecule has 1 aliphatic heterocycles. The fourth-order valence-electron chi connectivity index (χ4n) is 2.55. The van der Waals surface area contributed by atoms with Crippen LogP contribution in [0.1, 0.15) is 44.7 Å². The van der Waals surface area contributed by atoms with Crippen LogP contribution in [0.25, 0.3) is 0 Å². The van der Waals surface area contributed by atoms with Gasteiger partial charge in [-0.25, -0.2) is 0 Å². The van der Waals surface area contributed by atoms with Crippen LogP contribution in [0.15, 0.2) is 24.3 Å². The summed E-state index contributed by atoms with van der Waals surface area (Å²) in [6, 6.07) is 9.24. The number of thioether (sulfide) groups is 1. The van der Waals surface area contributed by atoms with Crippen LogP contribution < -0.4 is 5.32 Å². The number of benzene rings is 1. The van der Waals surface area contributed by atoms with E-state index in [1.807, 2.05) is 0 Å². The topological polar surface area (TPSA) is 15.3 Å². The van der Waals surface area contributed by atoms with Crippen molar-refractivity contribution in [1.82, 2.24) is 10.2 Å². The first-order chi connectivity index (χ1) is 9.94. The van der Waals surface area contributed by atoms with Crippen molar-refractivity contribution in [2.24, 2.45) is 0 Å². The van der Waals surface area contributed by atoms with Crippen molar-refractivity contribution < 1.29 is 0 Å². The molecule has 21 heavy (non-hydrogen) atoms. The van der Waals surface area contributed by atoms with Crippen molar-refractivity contribution in [3.63, 3.8) is 0 Å². The van der Waals surface area contributed by atoms with Gasteiger partial charge in [0.05, 0.1) is 0 Å². The van der Waals surface area contributed by atoms with Gasteiger partial charge in [-0.1, -0.05) is 31.2 Å². The molecule has 0 amide bonds. The van der Waals surface area contributed by atoms with Crippen LogP contribution in [0, 0.1) is 0 Å². The molecule has 0 aromatic heterocycles. The molecule has 1 heterocycles. The van der Waals surface area contributed by atoms with Crippen LogP contribution in [0.3, 0.4) is 0 Å². The standard InChI is InChI=1S/C18H30N2S/c1-15(13-19-18(2,3)4)17-7-5-16(6-8-17)14-20-9-11-21-12-10-20/h5-8,15,19H,9-14H2,1-4H3. The van der Waals surface area contributed by atoms with Gasteiger partial charge in [-0.2, -0.15) is 11.8 Å². The largest absolute Gasteiger partial charge is 0.311 e. The maximum absolute atomic E-state index is 3.59. The Bertz CT molecular complexity index is 416. The Kier molecular flexibility index (Phi) is 6.15. The van der Waals surface area contributed by atoms with Gasteiger partial charge >= 0.3 is 0 Å². The minimum absolute atomic E-state index is 0.195. The fraction of sp³-hybridized carbons (Fsp3) is 0.667. The lowest BCUT2D eigenvalue weighted by atomic mass is 9.98. The fourth-order valence-corrected chi connectivity index (χ4v) is 3.52. The van der Waals surface area contributed by atoms with E-state index in [-0.39, 0.29) is 5.54 Å². The summed E-state index contributed by atoms with van der Waals surface area (Å²) in [6.07, 6.45) is 0. The van der Waals surface area contributed by atoms with Crippen molar-refractivity contribution >= 4 is 11.8 Å². The average Bonchev–Trinajstić information content (AvgIpc) is 2.46. The predicted molar refractivity (Wildman–Crippen MR) is 95.2 cm³/mol. The van der Waals surface area contributed by atoms with E-state index in [0.717, 1.165) is 13.1 Å². The highest BCUT2D eigenvalue weighted by Crippen LogP contribution is 2.18. The molecular weight excluding hydrogens is 276 g/mol. The quantitative estimate of drug-likeness (QED) is 0.892. The molecule has 1 fully saturated rings. The average molecular weight is 307 g/mol. The third kappa shape index (κ3) is 6.01. The maximum atomic E-state index is 3.59. The molecule has 0 spiro atoms. The third-order valence-electron chi connectivity index (χ3n) is 4.00. The SMILES string of the molecule is CC(CNC(C)(C)C)c1ccc(CN2CCSCC2)cc1. The Morgan fingerprint density at radius 3 is 2.33 bits per heavy atom. The lowest BCUT2D eigenvalue weighted by Gasteiger charge is -2.26. The number of rotatable bonds is 5. The molecule has 2 nitrogen and oxygen atoms in total. The zero-order valence-corrected chi connectivity index (χ0v) is 14.8. The number of nitrogens with one attached hydrogen (secondary N) is 1. The molecule has 1 aromatic rings. The van der Waals surface area contributed by atoms with E-state index in [9.17, 15) is 0 Å². The van der Waals surface area contributed by atoms with E-state index < -0.39 is 0 Å². The molecule has 118 valence electrons. The van der Waals surface area contributed by atoms with Gasteiger partial charge in [-0.3, -0.25) is 4.90 Å². The first kappa shape index (κ1) is 16.9. The monoisotopic (exact) mass is 306 g/mol. The lowest BCUT2D eigenvalue weighted by Crippen LogP contribution is -2.38. The molecule has 1 aromatic carbocycles. The van der Waals surface area contributed by atoms with Crippen LogP contribution in [0.4, 0.5) is 0 Å². The van der Waals surface area contributed by atoms with E-state index in [2.05, 4.69) is 73.9 Å². The predicted octanol–water partition coefficient (Wildman–Crippen LogP) is 3.73. The van der Waals surface area contributed by atoms with Gasteiger partial charge in [0, 0.05) is 43.2 Å². The summed E-state index contributed by atoms with van der Waals surface area (Å²) in [5, 5.41) is 3.59. The van der Waals surface area contributed by atoms with Crippen LogP contribution in [0.2, 0.25) is 0 Å². The van der Waals surface area contributed by atoms with Gasteiger partial charge < -0.3 is 5.32 Å². The van der Waals surface area contributed by atoms with E-state index >= 15 is 0 Å². The molecule has 1 saturated heterocycles. The van der Waals surface area contributed by atoms with E-state index in [4.69, 9.17) is 0 Å². The minimum Gasteiger partial charge on any atom is -0.311 e. The van der Waals surface area contributed by atoms with Crippen molar-refractivity contribution in [2.75, 3.05) is 31.1 Å². The van der Waals surface area contributed by atoms with Crippen molar-refractivity contribution in [2.45, 2.75) is 45.7 Å². The van der Waals surface area contributed by atoms with Crippen molar-refractivity contribution in [3.05, 3.63) is 35.4 Å². The highest BCUT2D eigenvalue weighted by molar-refractivity contribution is 7.99. The summed E-state index contributed by atoms with van der Waals surface area (Å²) in [7, 11) is 0. The van der Waals surface area contributed by atoms with Gasteiger partial charge in [-0.15, -0.1) is 0 Å². The van der Waals surface area contributed by atoms with Crippen LogP contribution in [-0.2, 0) is 6.54 Å². The van der Waals surface area contributed by atoms with Crippen molar-refractivity contribution in [3.8, 4) is 0 Å². The van der Waals surface area contributed by atoms with Gasteiger partial charge in [-0.05, 0) is 37.8 Å². The molecule has 1 unspecified atom stereocenters. The Balaban J connectivity index is 1.85. The second kappa shape index (κ2) is 7.66. The van der Waals surface area contributed by atoms with E-state index in [0.29, 0.717) is 5.92 Å². The van der Waals surface area contributed by atoms with Crippen LogP contribution in [-0.4, -0.2) is 41.6 Å². The van der Waals surface area contributed by atoms with Crippen LogP contribution >= 0.6 is 11.8 Å². The highest BCUT2D eigenvalue weighted by Gasteiger charge is 2.13. The van der Waals surface area contributed by atoms with E-state index in [1.54, 1.807) is 0 Å². The minimum atomic E-state index is 0.195. The van der Waals surface area contributed by atoms with Gasteiger partial charge in [0.15, 0.2) is 0 Å². The summed E-state index contributed by atoms with van der Waals surface area (Å²) in [5.74, 6) is 3.13. The molecule has 0 saturated carbocycles. The summed E-state index contributed by atoms with van der Waals surface area (Å²) < 4.78 is 0. The molecule has 0 bridgehead atoms. The molecular formula is C18H30N2S. The number of nitrogens with zero attached hydrogens (tertiary/aromatic N) is 1. The van der Waals surface area contributed by atoms with E-state index in [1.165, 1.54) is 35.7 Å². The van der Waals surface area contributed by atoms with Gasteiger partial charge in [0.25, 0.3) is 0 Å². The molecule has 1 N–H and O–H groups in total. The van der Waals surface area contributed by atoms with Gasteiger partial charge in [0.1, 0.15) is 0 Å². The smallest absolute Gasteiger partial charge is 0.0234 e. The van der Waals surface area contributed by atoms with Crippen molar-refractivity contribution in [1.29, 1.82) is 0 Å². The number of hydrogen-bond donors (Lipinski definition) is 1. The van der Waals surface area contributed by atoms with Gasteiger partial charge in [0.2, 0.25) is 0 Å². The Morgan fingerprint density at radius 1 is 1.14 bits per heavy atom. The molecule has 1 aliphatic rings. The third-order valence-corrected chi connectivity index (χ3v) is 4.94. The summed E-state index contributed by atoms with van der Waals surface area (Å²) in [6.45, 7) is 13.6. The summed E-state index contributed by atoms with van der Waals surface area (Å²) in [5.41, 5.74) is 3.08. The second-order valence-corrected chi connectivity index (χ2v) is 8.39. The first-order valence-corrected chi connectivity index (χ1v) is 9.23. The zero-order chi connectivity index (χ0) is 15.3. The molecule has 3 heteroatoms. The zero-order valence-electron chi connectivity index (χ0n) is 14.0. The Morgan fingerprint density at radius 2 is 1.76 bits per heavy atom. The first-order valence-electron chi connectivity index (χ1n) is 8.08. The molecule has 1 atom stereocenters. The Labute approximate surface area is 134 Å².